The van der Waals surface area contributed by atoms with Gasteiger partial charge in [0.15, 0.2) is 0 Å². The van der Waals surface area contributed by atoms with Crippen LogP contribution in [0.5, 0.6) is 5.75 Å². The van der Waals surface area contributed by atoms with Crippen molar-refractivity contribution in [2.45, 2.75) is 13.0 Å². The van der Waals surface area contributed by atoms with Crippen LogP contribution in [-0.2, 0) is 0 Å². The predicted octanol–water partition coefficient (Wildman–Crippen LogP) is 4.07. The average molecular weight is 276 g/mol. The van der Waals surface area contributed by atoms with Crippen LogP contribution in [0.2, 0.25) is 5.02 Å². The molecule has 0 heterocycles. The maximum atomic E-state index is 6.04. The fourth-order valence-electron chi connectivity index (χ4n) is 1.88. The van der Waals surface area contributed by atoms with Gasteiger partial charge in [0.2, 0.25) is 0 Å². The number of halogens is 1. The largest absolute Gasteiger partial charge is 0.484 e. The molecule has 2 rings (SSSR count). The minimum Gasteiger partial charge on any atom is -0.484 e. The Kier molecular flexibility index (Phi) is 5.25. The number of hydrogen-bond donors (Lipinski definition) is 1. The van der Waals surface area contributed by atoms with Crippen LogP contribution in [0, 0.1) is 0 Å². The van der Waals surface area contributed by atoms with Crippen LogP contribution < -0.4 is 10.1 Å². The summed E-state index contributed by atoms with van der Waals surface area (Å²) in [6.07, 6.45) is -0.0142. The first-order valence-corrected chi connectivity index (χ1v) is 6.85. The number of ether oxygens (including phenoxy) is 1. The highest BCUT2D eigenvalue weighted by Crippen LogP contribution is 2.24. The quantitative estimate of drug-likeness (QED) is 0.858. The summed E-state index contributed by atoms with van der Waals surface area (Å²) >= 11 is 5.98. The highest BCUT2D eigenvalue weighted by molar-refractivity contribution is 6.30. The average Bonchev–Trinajstić information content (AvgIpc) is 2.44. The molecule has 0 radical (unpaired) electrons. The van der Waals surface area contributed by atoms with Crippen molar-refractivity contribution in [2.75, 3.05) is 13.1 Å². The molecule has 2 aromatic carbocycles. The smallest absolute Gasteiger partial charge is 0.136 e. The molecule has 0 spiro atoms. The van der Waals surface area contributed by atoms with E-state index in [2.05, 4.69) is 24.4 Å². The summed E-state index contributed by atoms with van der Waals surface area (Å²) in [7, 11) is 0. The molecule has 2 nitrogen and oxygen atoms in total. The fourth-order valence-corrected chi connectivity index (χ4v) is 2.06. The van der Waals surface area contributed by atoms with E-state index in [9.17, 15) is 0 Å². The molecule has 1 atom stereocenters. The van der Waals surface area contributed by atoms with Crippen molar-refractivity contribution >= 4 is 11.6 Å². The first-order valence-electron chi connectivity index (χ1n) is 6.47. The second kappa shape index (κ2) is 7.17. The molecule has 0 amide bonds. The number of hydrogen-bond acceptors (Lipinski definition) is 2. The molecule has 0 fully saturated rings. The Morgan fingerprint density at radius 3 is 2.58 bits per heavy atom. The van der Waals surface area contributed by atoms with Crippen LogP contribution in [0.3, 0.4) is 0 Å². The van der Waals surface area contributed by atoms with Gasteiger partial charge < -0.3 is 10.1 Å². The normalized spacial score (nSPS) is 12.1. The molecule has 100 valence electrons. The minimum atomic E-state index is -0.0142. The Morgan fingerprint density at radius 1 is 1.11 bits per heavy atom. The van der Waals surface area contributed by atoms with Gasteiger partial charge >= 0.3 is 0 Å². The Morgan fingerprint density at radius 2 is 1.89 bits per heavy atom. The van der Waals surface area contributed by atoms with E-state index in [4.69, 9.17) is 16.3 Å². The molecule has 3 heteroatoms. The van der Waals surface area contributed by atoms with Crippen LogP contribution in [0.1, 0.15) is 18.6 Å². The first kappa shape index (κ1) is 13.9. The van der Waals surface area contributed by atoms with E-state index >= 15 is 0 Å². The summed E-state index contributed by atoms with van der Waals surface area (Å²) in [6, 6.07) is 17.7. The molecule has 0 saturated heterocycles. The Bertz CT molecular complexity index is 501. The molecule has 0 bridgehead atoms. The third-order valence-corrected chi connectivity index (χ3v) is 3.06. The Balaban J connectivity index is 2.14. The van der Waals surface area contributed by atoms with Crippen molar-refractivity contribution in [1.82, 2.24) is 5.32 Å². The monoisotopic (exact) mass is 275 g/mol. The molecule has 2 aromatic rings. The lowest BCUT2D eigenvalue weighted by Gasteiger charge is -2.20. The van der Waals surface area contributed by atoms with Gasteiger partial charge in [-0.2, -0.15) is 0 Å². The van der Waals surface area contributed by atoms with Crippen molar-refractivity contribution in [1.29, 1.82) is 0 Å². The highest BCUT2D eigenvalue weighted by atomic mass is 35.5. The van der Waals surface area contributed by atoms with E-state index in [1.165, 1.54) is 0 Å². The van der Waals surface area contributed by atoms with Crippen LogP contribution in [0.25, 0.3) is 0 Å². The minimum absolute atomic E-state index is 0.0142. The van der Waals surface area contributed by atoms with Crippen molar-refractivity contribution in [3.8, 4) is 5.75 Å². The Labute approximate surface area is 119 Å². The lowest BCUT2D eigenvalue weighted by Crippen LogP contribution is -2.24. The third-order valence-electron chi connectivity index (χ3n) is 2.83. The fraction of sp³-hybridized carbons (Fsp3) is 0.250. The number of likely N-dealkylation sites (N-methyl/N-ethyl adjacent to an activating group) is 1. The van der Waals surface area contributed by atoms with Gasteiger partial charge in [-0.25, -0.2) is 0 Å². The Hall–Kier alpha value is -1.51. The van der Waals surface area contributed by atoms with Crippen LogP contribution in [0.4, 0.5) is 0 Å². The first-order chi connectivity index (χ1) is 9.29. The van der Waals surface area contributed by atoms with E-state index in [0.29, 0.717) is 5.02 Å². The van der Waals surface area contributed by atoms with Crippen molar-refractivity contribution in [2.24, 2.45) is 0 Å². The van der Waals surface area contributed by atoms with E-state index in [1.54, 1.807) is 0 Å². The second-order valence-electron chi connectivity index (χ2n) is 4.28. The molecule has 0 aliphatic carbocycles. The summed E-state index contributed by atoms with van der Waals surface area (Å²) in [5.41, 5.74) is 1.16. The van der Waals surface area contributed by atoms with Gasteiger partial charge in [-0.1, -0.05) is 54.9 Å². The van der Waals surface area contributed by atoms with Gasteiger partial charge in [0.05, 0.1) is 0 Å². The van der Waals surface area contributed by atoms with Gasteiger partial charge in [-0.3, -0.25) is 0 Å². The third kappa shape index (κ3) is 4.27. The van der Waals surface area contributed by atoms with Crippen LogP contribution >= 0.6 is 11.6 Å². The molecule has 0 aromatic heterocycles. The SMILES string of the molecule is CCNCC(Oc1cccc(Cl)c1)c1ccccc1. The zero-order valence-corrected chi connectivity index (χ0v) is 11.7. The molecular weight excluding hydrogens is 258 g/mol. The summed E-state index contributed by atoms with van der Waals surface area (Å²) < 4.78 is 6.04. The number of nitrogens with one attached hydrogen (secondary N) is 1. The van der Waals surface area contributed by atoms with Gasteiger partial charge in [0.1, 0.15) is 11.9 Å². The standard InChI is InChI=1S/C16H18ClNO/c1-2-18-12-16(13-7-4-3-5-8-13)19-15-10-6-9-14(17)11-15/h3-11,16,18H,2,12H2,1H3. The maximum Gasteiger partial charge on any atom is 0.136 e. The zero-order chi connectivity index (χ0) is 13.5. The van der Waals surface area contributed by atoms with Gasteiger partial charge in [-0.05, 0) is 30.3 Å². The van der Waals surface area contributed by atoms with Crippen LogP contribution in [0.15, 0.2) is 54.6 Å². The molecular formula is C16H18ClNO. The number of benzene rings is 2. The summed E-state index contributed by atoms with van der Waals surface area (Å²) in [4.78, 5) is 0. The molecule has 0 saturated carbocycles. The highest BCUT2D eigenvalue weighted by Gasteiger charge is 2.12. The van der Waals surface area contributed by atoms with Gasteiger partial charge in [0, 0.05) is 11.6 Å². The van der Waals surface area contributed by atoms with E-state index in [0.717, 1.165) is 24.4 Å². The summed E-state index contributed by atoms with van der Waals surface area (Å²) in [6.45, 7) is 3.77. The van der Waals surface area contributed by atoms with Gasteiger partial charge in [0.25, 0.3) is 0 Å². The molecule has 19 heavy (non-hydrogen) atoms. The molecule has 0 aliphatic heterocycles. The van der Waals surface area contributed by atoms with Crippen molar-refractivity contribution < 1.29 is 4.74 Å². The van der Waals surface area contributed by atoms with E-state index in [-0.39, 0.29) is 6.10 Å². The molecule has 0 aliphatic rings. The van der Waals surface area contributed by atoms with Gasteiger partial charge in [-0.15, -0.1) is 0 Å². The zero-order valence-electron chi connectivity index (χ0n) is 11.0. The molecule has 1 N–H and O–H groups in total. The van der Waals surface area contributed by atoms with Crippen molar-refractivity contribution in [3.05, 3.63) is 65.2 Å². The van der Waals surface area contributed by atoms with Crippen LogP contribution in [-0.4, -0.2) is 13.1 Å². The summed E-state index contributed by atoms with van der Waals surface area (Å²) in [5.74, 6) is 0.791. The lowest BCUT2D eigenvalue weighted by atomic mass is 10.1. The topological polar surface area (TPSA) is 21.3 Å². The predicted molar refractivity (Wildman–Crippen MR) is 79.8 cm³/mol. The van der Waals surface area contributed by atoms with E-state index in [1.807, 2.05) is 42.5 Å². The summed E-state index contributed by atoms with van der Waals surface area (Å²) in [5, 5.41) is 4.01. The number of rotatable bonds is 6. The van der Waals surface area contributed by atoms with E-state index < -0.39 is 0 Å². The molecule has 1 unspecified atom stereocenters. The lowest BCUT2D eigenvalue weighted by molar-refractivity contribution is 0.202. The maximum absolute atomic E-state index is 6.04. The van der Waals surface area contributed by atoms with Crippen molar-refractivity contribution in [3.63, 3.8) is 0 Å². The second-order valence-corrected chi connectivity index (χ2v) is 4.72.